The van der Waals surface area contributed by atoms with Crippen LogP contribution < -0.4 is 9.47 Å². The summed E-state index contributed by atoms with van der Waals surface area (Å²) in [7, 11) is 4.53. The Bertz CT molecular complexity index is 713. The van der Waals surface area contributed by atoms with Gasteiger partial charge in [-0.25, -0.2) is 0 Å². The van der Waals surface area contributed by atoms with Gasteiger partial charge in [0.15, 0.2) is 11.5 Å². The summed E-state index contributed by atoms with van der Waals surface area (Å²) in [5.74, 6) is -0.158. The zero-order chi connectivity index (χ0) is 20.0. The van der Waals surface area contributed by atoms with Gasteiger partial charge >= 0.3 is 5.97 Å². The molecule has 1 amide bonds. The average molecular weight is 377 g/mol. The molecule has 1 fully saturated rings. The topological polar surface area (TPSA) is 85.3 Å². The Labute approximate surface area is 159 Å². The molecule has 7 heteroatoms. The standard InChI is InChI=1S/C20H27NO6/c1-5-7-14-10-15(11-16(26-3)17(14)27-4)18(22)21-9-6-8-20(12-21,13-25-2)19(23)24/h5,10-11H,1,6-9,12-13H2,2-4H3,(H,23,24). The number of aliphatic carboxylic acids is 1. The Hall–Kier alpha value is -2.54. The number of benzene rings is 1. The molecule has 0 radical (unpaired) electrons. The number of amides is 1. The van der Waals surface area contributed by atoms with Crippen molar-refractivity contribution in [2.45, 2.75) is 19.3 Å². The number of hydrogen-bond acceptors (Lipinski definition) is 5. The van der Waals surface area contributed by atoms with Crippen LogP contribution in [0.4, 0.5) is 0 Å². The van der Waals surface area contributed by atoms with Crippen molar-refractivity contribution in [3.05, 3.63) is 35.9 Å². The zero-order valence-electron chi connectivity index (χ0n) is 16.1. The summed E-state index contributed by atoms with van der Waals surface area (Å²) in [5.41, 5.74) is 0.139. The van der Waals surface area contributed by atoms with Crippen LogP contribution in [0.3, 0.4) is 0 Å². The minimum Gasteiger partial charge on any atom is -0.493 e. The van der Waals surface area contributed by atoms with Gasteiger partial charge in [0.1, 0.15) is 5.41 Å². The number of allylic oxidation sites excluding steroid dienone is 1. The van der Waals surface area contributed by atoms with Crippen LogP contribution in [0, 0.1) is 5.41 Å². The summed E-state index contributed by atoms with van der Waals surface area (Å²) in [4.78, 5) is 26.5. The van der Waals surface area contributed by atoms with Crippen LogP contribution in [0.25, 0.3) is 0 Å². The van der Waals surface area contributed by atoms with E-state index in [1.54, 1.807) is 30.2 Å². The molecule has 148 valence electrons. The molecule has 0 spiro atoms. The predicted octanol–water partition coefficient (Wildman–Crippen LogP) is 2.39. The minimum absolute atomic E-state index is 0.0692. The lowest BCUT2D eigenvalue weighted by atomic mass is 9.80. The summed E-state index contributed by atoms with van der Waals surface area (Å²) in [6.07, 6.45) is 3.33. The van der Waals surface area contributed by atoms with Crippen molar-refractivity contribution < 1.29 is 28.9 Å². The van der Waals surface area contributed by atoms with Gasteiger partial charge < -0.3 is 24.2 Å². The van der Waals surface area contributed by atoms with Crippen LogP contribution in [0.15, 0.2) is 24.8 Å². The molecule has 0 aliphatic carbocycles. The SMILES string of the molecule is C=CCc1cc(C(=O)N2CCCC(COC)(C(=O)O)C2)cc(OC)c1OC. The maximum Gasteiger partial charge on any atom is 0.313 e. The fourth-order valence-electron chi connectivity index (χ4n) is 3.59. The summed E-state index contributed by atoms with van der Waals surface area (Å²) in [6.45, 7) is 4.42. The number of methoxy groups -OCH3 is 3. The van der Waals surface area contributed by atoms with Gasteiger partial charge in [-0.3, -0.25) is 9.59 Å². The highest BCUT2D eigenvalue weighted by atomic mass is 16.5. The number of hydrogen-bond donors (Lipinski definition) is 1. The highest BCUT2D eigenvalue weighted by molar-refractivity contribution is 5.96. The molecule has 0 bridgehead atoms. The third-order valence-corrected chi connectivity index (χ3v) is 4.91. The number of piperidine rings is 1. The Morgan fingerprint density at radius 2 is 2.04 bits per heavy atom. The van der Waals surface area contributed by atoms with Crippen molar-refractivity contribution in [2.24, 2.45) is 5.41 Å². The summed E-state index contributed by atoms with van der Waals surface area (Å²) in [6, 6.07) is 3.37. The fourth-order valence-corrected chi connectivity index (χ4v) is 3.59. The van der Waals surface area contributed by atoms with Crippen molar-refractivity contribution >= 4 is 11.9 Å². The monoisotopic (exact) mass is 377 g/mol. The van der Waals surface area contributed by atoms with Crippen LogP contribution in [-0.4, -0.2) is 62.9 Å². The third kappa shape index (κ3) is 4.24. The molecule has 2 rings (SSSR count). The molecular formula is C20H27NO6. The second-order valence-corrected chi connectivity index (χ2v) is 6.71. The van der Waals surface area contributed by atoms with Crippen LogP contribution in [0.5, 0.6) is 11.5 Å². The Kier molecular flexibility index (Phi) is 6.85. The van der Waals surface area contributed by atoms with E-state index in [0.29, 0.717) is 42.9 Å². The van der Waals surface area contributed by atoms with Gasteiger partial charge in [0.2, 0.25) is 0 Å². The first-order valence-corrected chi connectivity index (χ1v) is 8.79. The number of nitrogens with zero attached hydrogens (tertiary/aromatic N) is 1. The van der Waals surface area contributed by atoms with E-state index < -0.39 is 11.4 Å². The maximum absolute atomic E-state index is 13.1. The number of carbonyl (C=O) groups excluding carboxylic acids is 1. The number of carbonyl (C=O) groups is 2. The van der Waals surface area contributed by atoms with E-state index in [1.807, 2.05) is 0 Å². The molecule has 1 heterocycles. The van der Waals surface area contributed by atoms with Crippen LogP contribution in [0.2, 0.25) is 0 Å². The van der Waals surface area contributed by atoms with Crippen LogP contribution >= 0.6 is 0 Å². The number of carboxylic acid groups (broad SMARTS) is 1. The van der Waals surface area contributed by atoms with Crippen molar-refractivity contribution in [3.8, 4) is 11.5 Å². The van der Waals surface area contributed by atoms with E-state index in [0.717, 1.165) is 5.56 Å². The number of likely N-dealkylation sites (tertiary alicyclic amines) is 1. The highest BCUT2D eigenvalue weighted by Gasteiger charge is 2.44. The molecule has 1 aromatic rings. The van der Waals surface area contributed by atoms with E-state index in [9.17, 15) is 14.7 Å². The number of ether oxygens (including phenoxy) is 3. The summed E-state index contributed by atoms with van der Waals surface area (Å²) < 4.78 is 15.9. The van der Waals surface area contributed by atoms with E-state index in [-0.39, 0.29) is 19.1 Å². The molecule has 1 N–H and O–H groups in total. The molecule has 1 atom stereocenters. The molecule has 1 saturated heterocycles. The zero-order valence-corrected chi connectivity index (χ0v) is 16.1. The lowest BCUT2D eigenvalue weighted by Crippen LogP contribution is -2.52. The maximum atomic E-state index is 13.1. The van der Waals surface area contributed by atoms with Crippen molar-refractivity contribution in [1.82, 2.24) is 4.90 Å². The fraction of sp³-hybridized carbons (Fsp3) is 0.500. The lowest BCUT2D eigenvalue weighted by molar-refractivity contribution is -0.155. The summed E-state index contributed by atoms with van der Waals surface area (Å²) in [5, 5.41) is 9.69. The predicted molar refractivity (Wildman–Crippen MR) is 101 cm³/mol. The van der Waals surface area contributed by atoms with Gasteiger partial charge in [-0.2, -0.15) is 0 Å². The van der Waals surface area contributed by atoms with Gasteiger partial charge in [0, 0.05) is 31.3 Å². The van der Waals surface area contributed by atoms with Gasteiger partial charge in [0.25, 0.3) is 5.91 Å². The second-order valence-electron chi connectivity index (χ2n) is 6.71. The smallest absolute Gasteiger partial charge is 0.313 e. The van der Waals surface area contributed by atoms with E-state index in [1.165, 1.54) is 14.2 Å². The Morgan fingerprint density at radius 3 is 2.59 bits per heavy atom. The van der Waals surface area contributed by atoms with Crippen molar-refractivity contribution in [1.29, 1.82) is 0 Å². The highest BCUT2D eigenvalue weighted by Crippen LogP contribution is 2.35. The molecule has 0 aromatic heterocycles. The Morgan fingerprint density at radius 1 is 1.30 bits per heavy atom. The largest absolute Gasteiger partial charge is 0.493 e. The van der Waals surface area contributed by atoms with Crippen LogP contribution in [-0.2, 0) is 16.0 Å². The quantitative estimate of drug-likeness (QED) is 0.700. The Balaban J connectivity index is 2.37. The van der Waals surface area contributed by atoms with Gasteiger partial charge in [-0.1, -0.05) is 6.08 Å². The molecule has 7 nitrogen and oxygen atoms in total. The second kappa shape index (κ2) is 8.90. The third-order valence-electron chi connectivity index (χ3n) is 4.91. The van der Waals surface area contributed by atoms with E-state index >= 15 is 0 Å². The first kappa shape index (κ1) is 20.8. The molecule has 1 aromatic carbocycles. The summed E-state index contributed by atoms with van der Waals surface area (Å²) >= 11 is 0. The molecular weight excluding hydrogens is 350 g/mol. The molecule has 27 heavy (non-hydrogen) atoms. The van der Waals surface area contributed by atoms with E-state index in [4.69, 9.17) is 14.2 Å². The molecule has 1 aliphatic rings. The molecule has 0 saturated carbocycles. The number of carboxylic acids is 1. The van der Waals surface area contributed by atoms with Gasteiger partial charge in [-0.05, 0) is 31.4 Å². The molecule has 1 unspecified atom stereocenters. The molecule has 1 aliphatic heterocycles. The first-order chi connectivity index (χ1) is 12.9. The minimum atomic E-state index is -1.08. The van der Waals surface area contributed by atoms with Crippen molar-refractivity contribution in [3.63, 3.8) is 0 Å². The van der Waals surface area contributed by atoms with Crippen molar-refractivity contribution in [2.75, 3.05) is 41.0 Å². The average Bonchev–Trinajstić information content (AvgIpc) is 2.67. The number of rotatable bonds is 8. The normalized spacial score (nSPS) is 19.4. The first-order valence-electron chi connectivity index (χ1n) is 8.79. The van der Waals surface area contributed by atoms with Gasteiger partial charge in [-0.15, -0.1) is 6.58 Å². The van der Waals surface area contributed by atoms with Gasteiger partial charge in [0.05, 0.1) is 20.8 Å². The lowest BCUT2D eigenvalue weighted by Gasteiger charge is -2.39. The van der Waals surface area contributed by atoms with E-state index in [2.05, 4.69) is 6.58 Å². The van der Waals surface area contributed by atoms with Crippen LogP contribution in [0.1, 0.15) is 28.8 Å².